The average molecular weight is 433 g/mol. The van der Waals surface area contributed by atoms with E-state index < -0.39 is 15.7 Å². The van der Waals surface area contributed by atoms with Crippen LogP contribution in [0.5, 0.6) is 0 Å². The lowest BCUT2D eigenvalue weighted by atomic mass is 10.1. The van der Waals surface area contributed by atoms with Crippen LogP contribution in [-0.2, 0) is 21.1 Å². The van der Waals surface area contributed by atoms with E-state index in [2.05, 4.69) is 6.92 Å². The molecule has 4 rings (SSSR count). The van der Waals surface area contributed by atoms with Gasteiger partial charge < -0.3 is 9.80 Å². The van der Waals surface area contributed by atoms with Crippen LogP contribution in [-0.4, -0.2) is 20.9 Å². The highest BCUT2D eigenvalue weighted by atomic mass is 32.2. The Morgan fingerprint density at radius 2 is 1.52 bits per heavy atom. The van der Waals surface area contributed by atoms with Gasteiger partial charge in [0.1, 0.15) is 0 Å². The van der Waals surface area contributed by atoms with Gasteiger partial charge in [-0.05, 0) is 55.3 Å². The third kappa shape index (κ3) is 3.75. The van der Waals surface area contributed by atoms with Crippen molar-refractivity contribution in [3.63, 3.8) is 0 Å². The Morgan fingerprint density at radius 3 is 2.16 bits per heavy atom. The van der Waals surface area contributed by atoms with Crippen LogP contribution in [0.1, 0.15) is 19.4 Å². The molecule has 0 radical (unpaired) electrons. The summed E-state index contributed by atoms with van der Waals surface area (Å²) in [7, 11) is -3.97. The number of fused-ring (bicyclic) bond motifs is 1. The molecule has 1 amide bonds. The molecule has 1 aliphatic rings. The van der Waals surface area contributed by atoms with Gasteiger partial charge in [-0.15, -0.1) is 0 Å². The average Bonchev–Trinajstić information content (AvgIpc) is 2.80. The molecule has 0 N–H and O–H groups in total. The van der Waals surface area contributed by atoms with E-state index in [9.17, 15) is 13.2 Å². The molecule has 0 saturated heterocycles. The van der Waals surface area contributed by atoms with Gasteiger partial charge in [-0.1, -0.05) is 49.4 Å². The quantitative estimate of drug-likeness (QED) is 0.565. The fraction of sp³-hybridized carbons (Fsp3) is 0.160. The van der Waals surface area contributed by atoms with Gasteiger partial charge in [0.25, 0.3) is 5.91 Å². The monoisotopic (exact) mass is 432 g/mol. The first-order valence-electron chi connectivity index (χ1n) is 10.3. The molecule has 0 saturated carbocycles. The highest BCUT2D eigenvalue weighted by molar-refractivity contribution is 7.96. The molecule has 0 unspecified atom stereocenters. The van der Waals surface area contributed by atoms with Crippen LogP contribution in [0.3, 0.4) is 0 Å². The molecular formula is C25H24N2O3S. The first-order valence-corrected chi connectivity index (χ1v) is 11.8. The van der Waals surface area contributed by atoms with E-state index in [1.807, 2.05) is 49.4 Å². The molecule has 158 valence electrons. The number of likely N-dealkylation sites (N-methyl/N-ethyl adjacent to an activating group) is 1. The zero-order chi connectivity index (χ0) is 22.0. The maximum absolute atomic E-state index is 13.5. The summed E-state index contributed by atoms with van der Waals surface area (Å²) in [6.45, 7) is 4.26. The van der Waals surface area contributed by atoms with Gasteiger partial charge in [-0.3, -0.25) is 4.79 Å². The predicted molar refractivity (Wildman–Crippen MR) is 124 cm³/mol. The van der Waals surface area contributed by atoms with Gasteiger partial charge in [-0.2, -0.15) is 0 Å². The second kappa shape index (κ2) is 8.40. The fourth-order valence-electron chi connectivity index (χ4n) is 3.72. The van der Waals surface area contributed by atoms with E-state index in [0.29, 0.717) is 17.9 Å². The molecule has 1 heterocycles. The first-order chi connectivity index (χ1) is 15.0. The van der Waals surface area contributed by atoms with Crippen LogP contribution in [0.2, 0.25) is 0 Å². The minimum Gasteiger partial charge on any atom is -0.314 e. The summed E-state index contributed by atoms with van der Waals surface area (Å²) >= 11 is 0. The van der Waals surface area contributed by atoms with E-state index in [1.54, 1.807) is 41.3 Å². The van der Waals surface area contributed by atoms with Crippen LogP contribution in [0.15, 0.2) is 94.9 Å². The van der Waals surface area contributed by atoms with E-state index in [0.717, 1.165) is 12.1 Å². The summed E-state index contributed by atoms with van der Waals surface area (Å²) in [4.78, 5) is 16.6. The van der Waals surface area contributed by atoms with Gasteiger partial charge in [0, 0.05) is 24.1 Å². The SMILES string of the molecule is CCc1ccc(N2C=C(C(=O)N(CC)c3ccccc3)S(=O)(=O)c3ccccc32)cc1. The normalized spacial score (nSPS) is 14.5. The summed E-state index contributed by atoms with van der Waals surface area (Å²) in [6.07, 6.45) is 2.36. The number of carbonyl (C=O) groups is 1. The molecule has 0 spiro atoms. The molecule has 0 fully saturated rings. The topological polar surface area (TPSA) is 57.7 Å². The maximum atomic E-state index is 13.5. The molecule has 0 aliphatic carbocycles. The number of nitrogens with zero attached hydrogens (tertiary/aromatic N) is 2. The van der Waals surface area contributed by atoms with Crippen LogP contribution in [0, 0.1) is 0 Å². The van der Waals surface area contributed by atoms with E-state index in [1.165, 1.54) is 16.7 Å². The van der Waals surface area contributed by atoms with Crippen LogP contribution < -0.4 is 9.80 Å². The minimum absolute atomic E-state index is 0.129. The summed E-state index contributed by atoms with van der Waals surface area (Å²) in [5.41, 5.74) is 3.17. The first kappa shape index (κ1) is 20.9. The molecule has 0 aromatic heterocycles. The third-order valence-electron chi connectivity index (χ3n) is 5.41. The van der Waals surface area contributed by atoms with E-state index in [-0.39, 0.29) is 9.80 Å². The smallest absolute Gasteiger partial charge is 0.271 e. The lowest BCUT2D eigenvalue weighted by molar-refractivity contribution is -0.114. The zero-order valence-electron chi connectivity index (χ0n) is 17.5. The minimum atomic E-state index is -3.97. The summed E-state index contributed by atoms with van der Waals surface area (Å²) < 4.78 is 26.9. The molecule has 6 heteroatoms. The van der Waals surface area contributed by atoms with Gasteiger partial charge >= 0.3 is 0 Å². The Bertz CT molecular complexity index is 1230. The molecule has 3 aromatic carbocycles. The Balaban J connectivity index is 1.86. The number of hydrogen-bond donors (Lipinski definition) is 0. The fourth-order valence-corrected chi connectivity index (χ4v) is 5.24. The van der Waals surface area contributed by atoms with Crippen molar-refractivity contribution in [1.29, 1.82) is 0 Å². The van der Waals surface area contributed by atoms with Crippen molar-refractivity contribution in [3.8, 4) is 0 Å². The zero-order valence-corrected chi connectivity index (χ0v) is 18.3. The molecular weight excluding hydrogens is 408 g/mol. The van der Waals surface area contributed by atoms with Gasteiger partial charge in [0.2, 0.25) is 9.84 Å². The maximum Gasteiger partial charge on any atom is 0.271 e. The molecule has 1 aliphatic heterocycles. The Morgan fingerprint density at radius 1 is 0.871 bits per heavy atom. The molecule has 5 nitrogen and oxygen atoms in total. The number of amides is 1. The molecule has 0 atom stereocenters. The molecule has 0 bridgehead atoms. The lowest BCUT2D eigenvalue weighted by Gasteiger charge is -2.31. The highest BCUT2D eigenvalue weighted by Gasteiger charge is 2.37. The Labute approximate surface area is 183 Å². The standard InChI is InChI=1S/C25H24N2O3S/c1-3-19-14-16-21(17-15-19)27-18-24(31(29,30)23-13-9-8-12-22(23)27)25(28)26(4-2)20-10-6-5-7-11-20/h5-18H,3-4H2,1-2H3. The second-order valence-electron chi connectivity index (χ2n) is 7.24. The number of hydrogen-bond acceptors (Lipinski definition) is 4. The number of benzene rings is 3. The summed E-state index contributed by atoms with van der Waals surface area (Å²) in [6, 6.07) is 23.8. The van der Waals surface area contributed by atoms with Crippen molar-refractivity contribution in [3.05, 3.63) is 95.5 Å². The van der Waals surface area contributed by atoms with Crippen LogP contribution in [0.4, 0.5) is 17.1 Å². The highest BCUT2D eigenvalue weighted by Crippen LogP contribution is 2.40. The van der Waals surface area contributed by atoms with Crippen LogP contribution in [0.25, 0.3) is 0 Å². The number of anilines is 3. The van der Waals surface area contributed by atoms with Gasteiger partial charge in [-0.25, -0.2) is 8.42 Å². The largest absolute Gasteiger partial charge is 0.314 e. The Kier molecular flexibility index (Phi) is 5.65. The van der Waals surface area contributed by atoms with Crippen LogP contribution >= 0.6 is 0 Å². The van der Waals surface area contributed by atoms with Crippen molar-refractivity contribution < 1.29 is 13.2 Å². The second-order valence-corrected chi connectivity index (χ2v) is 9.13. The molecule has 3 aromatic rings. The van der Waals surface area contributed by atoms with Crippen molar-refractivity contribution in [2.45, 2.75) is 25.2 Å². The number of rotatable bonds is 5. The lowest BCUT2D eigenvalue weighted by Crippen LogP contribution is -2.36. The summed E-state index contributed by atoms with van der Waals surface area (Å²) in [5, 5.41) is 0. The van der Waals surface area contributed by atoms with E-state index >= 15 is 0 Å². The van der Waals surface area contributed by atoms with Crippen molar-refractivity contribution in [2.75, 3.05) is 16.3 Å². The van der Waals surface area contributed by atoms with Gasteiger partial charge in [0.15, 0.2) is 4.91 Å². The number of aryl methyl sites for hydroxylation is 1. The number of para-hydroxylation sites is 2. The number of carbonyl (C=O) groups excluding carboxylic acids is 1. The molecule has 31 heavy (non-hydrogen) atoms. The van der Waals surface area contributed by atoms with E-state index in [4.69, 9.17) is 0 Å². The number of sulfone groups is 1. The predicted octanol–water partition coefficient (Wildman–Crippen LogP) is 5.07. The van der Waals surface area contributed by atoms with Crippen molar-refractivity contribution >= 4 is 32.8 Å². The van der Waals surface area contributed by atoms with Crippen molar-refractivity contribution in [2.24, 2.45) is 0 Å². The summed E-state index contributed by atoms with van der Waals surface area (Å²) in [5.74, 6) is -0.543. The van der Waals surface area contributed by atoms with Crippen molar-refractivity contribution in [1.82, 2.24) is 0 Å². The third-order valence-corrected chi connectivity index (χ3v) is 7.20. The van der Waals surface area contributed by atoms with Gasteiger partial charge in [0.05, 0.1) is 10.6 Å². The Hall–Kier alpha value is -3.38.